The van der Waals surface area contributed by atoms with Crippen LogP contribution in [-0.4, -0.2) is 60.2 Å². The lowest BCUT2D eigenvalue weighted by Gasteiger charge is -2.37. The lowest BCUT2D eigenvalue weighted by atomic mass is 10.2. The van der Waals surface area contributed by atoms with E-state index in [0.29, 0.717) is 27.3 Å². The van der Waals surface area contributed by atoms with Gasteiger partial charge < -0.3 is 9.64 Å². The zero-order valence-corrected chi connectivity index (χ0v) is 23.4. The van der Waals surface area contributed by atoms with Gasteiger partial charge in [0.05, 0.1) is 23.4 Å². The summed E-state index contributed by atoms with van der Waals surface area (Å²) < 4.78 is 64.1. The summed E-state index contributed by atoms with van der Waals surface area (Å²) in [6.07, 6.45) is 3.34. The number of nitro benzene ring substituents is 1. The molecule has 11 nitrogen and oxygen atoms in total. The van der Waals surface area contributed by atoms with Gasteiger partial charge in [0.25, 0.3) is 15.7 Å². The van der Waals surface area contributed by atoms with Gasteiger partial charge in [0.2, 0.25) is 5.75 Å². The molecule has 1 saturated heterocycles. The van der Waals surface area contributed by atoms with Crippen LogP contribution >= 0.6 is 11.6 Å². The number of halogens is 3. The number of rotatable bonds is 9. The molecule has 0 spiro atoms. The number of benzene rings is 2. The number of sulfonamides is 1. The molecule has 2 heterocycles. The molecule has 41 heavy (non-hydrogen) atoms. The number of non-ortho nitro benzene ring substituents is 1. The highest BCUT2D eigenvalue weighted by atomic mass is 35.5. The van der Waals surface area contributed by atoms with E-state index in [2.05, 4.69) is 5.10 Å². The quantitative estimate of drug-likeness (QED) is 0.261. The van der Waals surface area contributed by atoms with Crippen molar-refractivity contribution in [3.63, 3.8) is 0 Å². The van der Waals surface area contributed by atoms with Crippen LogP contribution in [0.4, 0.5) is 20.2 Å². The molecule has 5 rings (SSSR count). The topological polar surface area (TPSA) is 128 Å². The van der Waals surface area contributed by atoms with E-state index in [1.54, 1.807) is 29.2 Å². The number of nitrogens with zero attached hydrogens (tertiary/aromatic N) is 5. The van der Waals surface area contributed by atoms with Crippen LogP contribution in [0, 0.1) is 15.5 Å². The first-order chi connectivity index (χ1) is 19.3. The van der Waals surface area contributed by atoms with E-state index in [1.807, 2.05) is 6.92 Å². The van der Waals surface area contributed by atoms with Crippen molar-refractivity contribution in [2.75, 3.05) is 37.7 Å². The minimum atomic E-state index is -5.16. The van der Waals surface area contributed by atoms with Crippen LogP contribution in [0.15, 0.2) is 59.5 Å². The van der Waals surface area contributed by atoms with Crippen molar-refractivity contribution in [3.05, 3.63) is 85.8 Å². The molecule has 0 atom stereocenters. The molecule has 0 unspecified atom stereocenters. The SMILES string of the molecule is CC1(COc2c(N3CCN(S(=O)(=O)C(F)(F)c4ccc([N+](=O)[O-])cc4)CC3)cnn(-c3cccc(Cl)c3)c2=O)CC1. The van der Waals surface area contributed by atoms with Crippen molar-refractivity contribution >= 4 is 33.0 Å². The van der Waals surface area contributed by atoms with Crippen LogP contribution in [0.3, 0.4) is 0 Å². The molecule has 0 N–H and O–H groups in total. The van der Waals surface area contributed by atoms with E-state index >= 15 is 8.78 Å². The fourth-order valence-electron chi connectivity index (χ4n) is 4.44. The fourth-order valence-corrected chi connectivity index (χ4v) is 6.03. The first-order valence-corrected chi connectivity index (χ1v) is 14.5. The Labute approximate surface area is 239 Å². The summed E-state index contributed by atoms with van der Waals surface area (Å²) in [6, 6.07) is 9.72. The third kappa shape index (κ3) is 5.63. The highest BCUT2D eigenvalue weighted by Gasteiger charge is 2.51. The molecule has 0 radical (unpaired) electrons. The summed E-state index contributed by atoms with van der Waals surface area (Å²) in [5.41, 5.74) is -1.13. The van der Waals surface area contributed by atoms with Gasteiger partial charge in [0, 0.05) is 54.3 Å². The predicted octanol–water partition coefficient (Wildman–Crippen LogP) is 4.17. The standard InChI is InChI=1S/C26H26ClF2N5O6S/c1-25(9-10-25)17-40-23-22(16-30-33(24(23)35)21-4-2-3-19(27)15-21)31-11-13-32(14-12-31)41(38,39)26(28,29)18-5-7-20(8-6-18)34(36)37/h2-8,15-16H,9-14,17H2,1H3. The van der Waals surface area contributed by atoms with E-state index in [1.165, 1.54) is 6.20 Å². The smallest absolute Gasteiger partial charge is 0.384 e. The molecule has 1 aromatic heterocycles. The Morgan fingerprint density at radius 2 is 1.78 bits per heavy atom. The molecule has 3 aromatic rings. The second kappa shape index (κ2) is 10.7. The largest absolute Gasteiger partial charge is 0.486 e. The number of piperazine rings is 1. The first-order valence-electron chi connectivity index (χ1n) is 12.7. The van der Waals surface area contributed by atoms with Crippen LogP contribution in [0.5, 0.6) is 5.75 Å². The van der Waals surface area contributed by atoms with E-state index in [0.717, 1.165) is 41.8 Å². The average Bonchev–Trinajstić information content (AvgIpc) is 3.69. The molecular formula is C26H26ClF2N5O6S. The van der Waals surface area contributed by atoms with Gasteiger partial charge in [-0.05, 0) is 43.2 Å². The Morgan fingerprint density at radius 3 is 2.37 bits per heavy atom. The van der Waals surface area contributed by atoms with Crippen molar-refractivity contribution in [1.29, 1.82) is 0 Å². The number of nitro groups is 1. The van der Waals surface area contributed by atoms with Gasteiger partial charge in [0.15, 0.2) is 0 Å². The van der Waals surface area contributed by atoms with Gasteiger partial charge in [-0.3, -0.25) is 14.9 Å². The average molecular weight is 610 g/mol. The van der Waals surface area contributed by atoms with Gasteiger partial charge in [0.1, 0.15) is 5.69 Å². The van der Waals surface area contributed by atoms with Gasteiger partial charge >= 0.3 is 10.8 Å². The van der Waals surface area contributed by atoms with Gasteiger partial charge in [-0.25, -0.2) is 8.42 Å². The molecular weight excluding hydrogens is 584 g/mol. The minimum Gasteiger partial charge on any atom is -0.486 e. The Kier molecular flexibility index (Phi) is 7.51. The number of hydrogen-bond acceptors (Lipinski definition) is 8. The zero-order chi connectivity index (χ0) is 29.6. The van der Waals surface area contributed by atoms with E-state index in [9.17, 15) is 23.3 Å². The normalized spacial score (nSPS) is 17.3. The maximum Gasteiger partial charge on any atom is 0.384 e. The molecule has 1 aliphatic heterocycles. The summed E-state index contributed by atoms with van der Waals surface area (Å²) in [5, 5.41) is 11.2. The third-order valence-corrected chi connectivity index (χ3v) is 9.46. The van der Waals surface area contributed by atoms with Crippen LogP contribution in [0.2, 0.25) is 5.02 Å². The van der Waals surface area contributed by atoms with Crippen LogP contribution in [-0.2, 0) is 15.3 Å². The summed E-state index contributed by atoms with van der Waals surface area (Å²) in [7, 11) is -5.16. The lowest BCUT2D eigenvalue weighted by Crippen LogP contribution is -2.52. The van der Waals surface area contributed by atoms with E-state index in [4.69, 9.17) is 16.3 Å². The van der Waals surface area contributed by atoms with Gasteiger partial charge in [-0.1, -0.05) is 24.6 Å². The highest BCUT2D eigenvalue weighted by molar-refractivity contribution is 7.89. The van der Waals surface area contributed by atoms with Crippen molar-refractivity contribution in [2.24, 2.45) is 5.41 Å². The number of anilines is 1. The second-order valence-corrected chi connectivity index (χ2v) is 12.8. The number of hydrogen-bond donors (Lipinski definition) is 0. The first kappa shape index (κ1) is 28.9. The van der Waals surface area contributed by atoms with Crippen molar-refractivity contribution in [3.8, 4) is 11.4 Å². The third-order valence-electron chi connectivity index (χ3n) is 7.29. The predicted molar refractivity (Wildman–Crippen MR) is 147 cm³/mol. The van der Waals surface area contributed by atoms with Crippen molar-refractivity contribution in [1.82, 2.24) is 14.1 Å². The Hall–Kier alpha value is -3.62. The van der Waals surface area contributed by atoms with Crippen molar-refractivity contribution < 1.29 is 26.9 Å². The van der Waals surface area contributed by atoms with Crippen molar-refractivity contribution in [2.45, 2.75) is 25.0 Å². The van der Waals surface area contributed by atoms with Gasteiger partial charge in [-0.15, -0.1) is 0 Å². The molecule has 2 fully saturated rings. The summed E-state index contributed by atoms with van der Waals surface area (Å²) in [4.78, 5) is 25.3. The van der Waals surface area contributed by atoms with E-state index in [-0.39, 0.29) is 37.3 Å². The number of ether oxygens (including phenoxy) is 1. The van der Waals surface area contributed by atoms with Gasteiger partial charge in [-0.2, -0.15) is 22.9 Å². The monoisotopic (exact) mass is 609 g/mol. The Bertz CT molecular complexity index is 1640. The maximum atomic E-state index is 15.1. The minimum absolute atomic E-state index is 0.00843. The molecule has 2 aliphatic rings. The summed E-state index contributed by atoms with van der Waals surface area (Å²) in [6.45, 7) is 1.73. The molecule has 0 bridgehead atoms. The van der Waals surface area contributed by atoms with Crippen LogP contribution < -0.4 is 15.2 Å². The maximum absolute atomic E-state index is 15.1. The molecule has 2 aromatic carbocycles. The molecule has 15 heteroatoms. The van der Waals surface area contributed by atoms with E-state index < -0.39 is 37.0 Å². The molecule has 1 saturated carbocycles. The Morgan fingerprint density at radius 1 is 1.12 bits per heavy atom. The summed E-state index contributed by atoms with van der Waals surface area (Å²) in [5.74, 6) is 0.0283. The number of alkyl halides is 2. The summed E-state index contributed by atoms with van der Waals surface area (Å²) >= 11 is 6.09. The second-order valence-electron chi connectivity index (χ2n) is 10.4. The molecule has 0 amide bonds. The fraction of sp³-hybridized carbons (Fsp3) is 0.385. The number of aromatic nitrogens is 2. The van der Waals surface area contributed by atoms with Crippen LogP contribution in [0.1, 0.15) is 25.3 Å². The zero-order valence-electron chi connectivity index (χ0n) is 21.9. The lowest BCUT2D eigenvalue weighted by molar-refractivity contribution is -0.384. The molecule has 1 aliphatic carbocycles. The Balaban J connectivity index is 1.38. The molecule has 218 valence electrons. The van der Waals surface area contributed by atoms with Crippen LogP contribution in [0.25, 0.3) is 5.69 Å². The highest BCUT2D eigenvalue weighted by Crippen LogP contribution is 2.45.